The summed E-state index contributed by atoms with van der Waals surface area (Å²) in [5.74, 6) is 1.77. The van der Waals surface area contributed by atoms with Gasteiger partial charge in [-0.15, -0.1) is 0 Å². The van der Waals surface area contributed by atoms with E-state index in [0.29, 0.717) is 19.2 Å². The number of rotatable bonds is 9. The van der Waals surface area contributed by atoms with Crippen molar-refractivity contribution in [1.29, 1.82) is 0 Å². The molecule has 2 aliphatic rings. The Balaban J connectivity index is 1.45. The monoisotopic (exact) mass is 437 g/mol. The van der Waals surface area contributed by atoms with Gasteiger partial charge in [0.1, 0.15) is 30.8 Å². The van der Waals surface area contributed by atoms with E-state index < -0.39 is 0 Å². The quantitative estimate of drug-likeness (QED) is 0.440. The van der Waals surface area contributed by atoms with Gasteiger partial charge in [-0.2, -0.15) is 0 Å². The van der Waals surface area contributed by atoms with Crippen LogP contribution in [0.4, 0.5) is 5.82 Å². The van der Waals surface area contributed by atoms with Gasteiger partial charge in [0.25, 0.3) is 0 Å². The molecule has 0 spiro atoms. The third kappa shape index (κ3) is 5.14. The van der Waals surface area contributed by atoms with Gasteiger partial charge in [0.05, 0.1) is 30.7 Å². The Hall–Kier alpha value is -2.84. The van der Waals surface area contributed by atoms with E-state index in [9.17, 15) is 4.79 Å². The molecule has 1 saturated heterocycles. The van der Waals surface area contributed by atoms with Crippen LogP contribution in [-0.4, -0.2) is 78.4 Å². The molecule has 4 rings (SSSR count). The molecular weight excluding hydrogens is 406 g/mol. The summed E-state index contributed by atoms with van der Waals surface area (Å²) >= 11 is 0. The van der Waals surface area contributed by atoms with E-state index in [2.05, 4.69) is 38.8 Å². The summed E-state index contributed by atoms with van der Waals surface area (Å²) in [5.41, 5.74) is 4.02. The van der Waals surface area contributed by atoms with Crippen LogP contribution < -0.4 is 9.64 Å². The van der Waals surface area contributed by atoms with E-state index in [0.717, 1.165) is 61.0 Å². The standard InChI is InChI=1S/C24H31N5O3/c1-17(2)32-20-5-4-19-14-25-24(21(19)12-20)22-13-23(27-16-26-22)29-7-6-28(18(3)15-29)8-10-31-11-9-30/h4-5,9,12-13,16-18H,6-8,10-11,14-15H2,1-3H3/t18-/m0/s1. The van der Waals surface area contributed by atoms with E-state index in [1.165, 1.54) is 5.56 Å². The van der Waals surface area contributed by atoms with Crippen LogP contribution in [0.2, 0.25) is 0 Å². The van der Waals surface area contributed by atoms with Crippen LogP contribution in [0.5, 0.6) is 5.75 Å². The van der Waals surface area contributed by atoms with Crippen molar-refractivity contribution in [3.05, 3.63) is 47.4 Å². The predicted molar refractivity (Wildman–Crippen MR) is 124 cm³/mol. The number of nitrogens with zero attached hydrogens (tertiary/aromatic N) is 5. The highest BCUT2D eigenvalue weighted by Gasteiger charge is 2.26. The number of hydrogen-bond donors (Lipinski definition) is 0. The second-order valence-corrected chi connectivity index (χ2v) is 8.48. The van der Waals surface area contributed by atoms with E-state index in [4.69, 9.17) is 14.5 Å². The number of fused-ring (bicyclic) bond motifs is 1. The zero-order valence-corrected chi connectivity index (χ0v) is 19.0. The van der Waals surface area contributed by atoms with Crippen molar-refractivity contribution in [3.8, 4) is 5.75 Å². The molecule has 0 amide bonds. The highest BCUT2D eigenvalue weighted by Crippen LogP contribution is 2.28. The molecule has 8 heteroatoms. The summed E-state index contributed by atoms with van der Waals surface area (Å²) in [5, 5.41) is 0. The Labute approximate surface area is 189 Å². The fourth-order valence-electron chi connectivity index (χ4n) is 4.23. The zero-order chi connectivity index (χ0) is 22.5. The summed E-state index contributed by atoms with van der Waals surface area (Å²) in [4.78, 5) is 28.9. The maximum atomic E-state index is 10.4. The molecule has 8 nitrogen and oxygen atoms in total. The SMILES string of the molecule is CC(C)Oc1ccc2c(c1)C(c1cc(N3CCN(CCOCC=O)[C@@H](C)C3)ncn1)=NC2. The Morgan fingerprint density at radius 1 is 1.22 bits per heavy atom. The van der Waals surface area contributed by atoms with Gasteiger partial charge >= 0.3 is 0 Å². The molecule has 0 radical (unpaired) electrons. The van der Waals surface area contributed by atoms with Crippen molar-refractivity contribution in [2.75, 3.05) is 44.3 Å². The molecule has 0 N–H and O–H groups in total. The summed E-state index contributed by atoms with van der Waals surface area (Å²) in [7, 11) is 0. The highest BCUT2D eigenvalue weighted by molar-refractivity contribution is 6.14. The normalized spacial score (nSPS) is 18.6. The Morgan fingerprint density at radius 2 is 2.09 bits per heavy atom. The predicted octanol–water partition coefficient (Wildman–Crippen LogP) is 2.34. The van der Waals surface area contributed by atoms with Crippen molar-refractivity contribution >= 4 is 17.8 Å². The van der Waals surface area contributed by atoms with E-state index in [1.54, 1.807) is 6.33 Å². The minimum Gasteiger partial charge on any atom is -0.491 e. The number of hydrogen-bond acceptors (Lipinski definition) is 8. The molecule has 1 aromatic carbocycles. The molecule has 2 aromatic rings. The number of carbonyl (C=O) groups excluding carboxylic acids is 1. The lowest BCUT2D eigenvalue weighted by atomic mass is 10.0. The number of aromatic nitrogens is 2. The van der Waals surface area contributed by atoms with Crippen LogP contribution in [0.3, 0.4) is 0 Å². The number of aliphatic imine (C=N–C) groups is 1. The topological polar surface area (TPSA) is 80.2 Å². The third-order valence-corrected chi connectivity index (χ3v) is 5.81. The average molecular weight is 438 g/mol. The molecule has 3 heterocycles. The first-order chi connectivity index (χ1) is 15.5. The molecule has 1 fully saturated rings. The number of piperazine rings is 1. The third-order valence-electron chi connectivity index (χ3n) is 5.81. The van der Waals surface area contributed by atoms with Crippen molar-refractivity contribution in [2.45, 2.75) is 39.5 Å². The number of benzene rings is 1. The summed E-state index contributed by atoms with van der Waals surface area (Å²) in [6, 6.07) is 8.57. The van der Waals surface area contributed by atoms with Crippen molar-refractivity contribution < 1.29 is 14.3 Å². The van der Waals surface area contributed by atoms with Crippen LogP contribution in [0.1, 0.15) is 37.6 Å². The van der Waals surface area contributed by atoms with Gasteiger partial charge < -0.3 is 19.2 Å². The van der Waals surface area contributed by atoms with Crippen LogP contribution in [-0.2, 0) is 16.1 Å². The first-order valence-corrected chi connectivity index (χ1v) is 11.2. The van der Waals surface area contributed by atoms with Gasteiger partial charge in [0.15, 0.2) is 0 Å². The van der Waals surface area contributed by atoms with Crippen LogP contribution in [0, 0.1) is 0 Å². The van der Waals surface area contributed by atoms with Crippen molar-refractivity contribution in [2.24, 2.45) is 4.99 Å². The minimum atomic E-state index is 0.123. The number of aldehydes is 1. The molecule has 1 aromatic heterocycles. The molecule has 1 atom stereocenters. The van der Waals surface area contributed by atoms with Crippen LogP contribution in [0.15, 0.2) is 35.6 Å². The van der Waals surface area contributed by atoms with Gasteiger partial charge in [-0.1, -0.05) is 6.07 Å². The van der Waals surface area contributed by atoms with Gasteiger partial charge in [0, 0.05) is 43.9 Å². The van der Waals surface area contributed by atoms with E-state index in [-0.39, 0.29) is 12.7 Å². The number of ether oxygens (including phenoxy) is 2. The molecule has 2 aliphatic heterocycles. The number of carbonyl (C=O) groups is 1. The Kier molecular flexibility index (Phi) is 7.12. The van der Waals surface area contributed by atoms with Crippen LogP contribution in [0.25, 0.3) is 0 Å². The van der Waals surface area contributed by atoms with Crippen LogP contribution >= 0.6 is 0 Å². The Bertz CT molecular complexity index is 978. The largest absolute Gasteiger partial charge is 0.491 e. The fraction of sp³-hybridized carbons (Fsp3) is 0.500. The smallest absolute Gasteiger partial charge is 0.145 e. The number of anilines is 1. The molecule has 0 saturated carbocycles. The first kappa shape index (κ1) is 22.4. The Morgan fingerprint density at radius 3 is 2.88 bits per heavy atom. The first-order valence-electron chi connectivity index (χ1n) is 11.2. The molecule has 32 heavy (non-hydrogen) atoms. The summed E-state index contributed by atoms with van der Waals surface area (Å²) in [6.45, 7) is 11.2. The van der Waals surface area contributed by atoms with Gasteiger partial charge in [-0.05, 0) is 38.5 Å². The summed E-state index contributed by atoms with van der Waals surface area (Å²) in [6.07, 6.45) is 2.54. The fourth-order valence-corrected chi connectivity index (χ4v) is 4.23. The molecule has 0 bridgehead atoms. The highest BCUT2D eigenvalue weighted by atomic mass is 16.5. The molecule has 170 valence electrons. The lowest BCUT2D eigenvalue weighted by molar-refractivity contribution is -0.112. The maximum Gasteiger partial charge on any atom is 0.145 e. The van der Waals surface area contributed by atoms with Crippen molar-refractivity contribution in [3.63, 3.8) is 0 Å². The van der Waals surface area contributed by atoms with Gasteiger partial charge in [-0.25, -0.2) is 9.97 Å². The average Bonchev–Trinajstić information content (AvgIpc) is 3.20. The maximum absolute atomic E-state index is 10.4. The van der Waals surface area contributed by atoms with E-state index in [1.807, 2.05) is 26.0 Å². The second kappa shape index (κ2) is 10.2. The molecular formula is C24H31N5O3. The van der Waals surface area contributed by atoms with Gasteiger partial charge in [0.2, 0.25) is 0 Å². The van der Waals surface area contributed by atoms with E-state index >= 15 is 0 Å². The zero-order valence-electron chi connectivity index (χ0n) is 19.0. The lowest BCUT2D eigenvalue weighted by Crippen LogP contribution is -2.53. The minimum absolute atomic E-state index is 0.123. The second-order valence-electron chi connectivity index (χ2n) is 8.48. The van der Waals surface area contributed by atoms with Gasteiger partial charge in [-0.3, -0.25) is 9.89 Å². The molecule has 0 unspecified atom stereocenters. The molecule has 0 aliphatic carbocycles. The lowest BCUT2D eigenvalue weighted by Gasteiger charge is -2.40. The van der Waals surface area contributed by atoms with Crippen molar-refractivity contribution in [1.82, 2.24) is 14.9 Å². The summed E-state index contributed by atoms with van der Waals surface area (Å²) < 4.78 is 11.2.